The van der Waals surface area contributed by atoms with E-state index >= 15 is 0 Å². The Kier molecular flexibility index (Phi) is 6.01. The number of hydrogen-bond acceptors (Lipinski definition) is 1. The third-order valence-corrected chi connectivity index (χ3v) is 3.14. The molecular formula is C18H23N. The molecule has 0 atom stereocenters. The van der Waals surface area contributed by atoms with Crippen LogP contribution < -0.4 is 0 Å². The van der Waals surface area contributed by atoms with E-state index in [2.05, 4.69) is 68.3 Å². The first-order valence-corrected chi connectivity index (χ1v) is 6.59. The lowest BCUT2D eigenvalue weighted by atomic mass is 10.0. The van der Waals surface area contributed by atoms with Gasteiger partial charge in [0, 0.05) is 13.3 Å². The molecule has 0 radical (unpaired) electrons. The van der Waals surface area contributed by atoms with E-state index in [0.717, 1.165) is 5.57 Å². The van der Waals surface area contributed by atoms with Gasteiger partial charge in [0.25, 0.3) is 0 Å². The van der Waals surface area contributed by atoms with Crippen LogP contribution in [0.25, 0.3) is 5.57 Å². The van der Waals surface area contributed by atoms with Crippen LogP contribution in [0.15, 0.2) is 58.6 Å². The van der Waals surface area contributed by atoms with Crippen molar-refractivity contribution in [1.29, 1.82) is 0 Å². The minimum absolute atomic E-state index is 1.15. The normalized spacial score (nSPS) is 14.3. The molecule has 0 aromatic heterocycles. The molecule has 1 aromatic rings. The highest BCUT2D eigenvalue weighted by atomic mass is 14.6. The van der Waals surface area contributed by atoms with E-state index in [0.29, 0.717) is 0 Å². The lowest BCUT2D eigenvalue weighted by molar-refractivity contribution is 1.40. The van der Waals surface area contributed by atoms with E-state index in [9.17, 15) is 0 Å². The van der Waals surface area contributed by atoms with Gasteiger partial charge in [0.15, 0.2) is 0 Å². The SMILES string of the molecule is C\C=C(C)/C(C=NC)=C\C=C(/C)c1cccc(C)c1. The highest BCUT2D eigenvalue weighted by Crippen LogP contribution is 2.16. The molecule has 0 amide bonds. The van der Waals surface area contributed by atoms with Gasteiger partial charge in [-0.05, 0) is 50.0 Å². The molecule has 0 saturated heterocycles. The second-order valence-corrected chi connectivity index (χ2v) is 4.70. The van der Waals surface area contributed by atoms with Crippen molar-refractivity contribution in [3.05, 3.63) is 64.8 Å². The predicted molar refractivity (Wildman–Crippen MR) is 86.8 cm³/mol. The molecule has 0 aliphatic heterocycles. The molecule has 0 bridgehead atoms. The first kappa shape index (κ1) is 15.2. The van der Waals surface area contributed by atoms with E-state index in [4.69, 9.17) is 0 Å². The smallest absolute Gasteiger partial charge is 0.0283 e. The average Bonchev–Trinajstić information content (AvgIpc) is 2.42. The second kappa shape index (κ2) is 7.52. The number of hydrogen-bond donors (Lipinski definition) is 0. The number of allylic oxidation sites excluding steroid dienone is 6. The maximum absolute atomic E-state index is 4.11. The largest absolute Gasteiger partial charge is 0.296 e. The van der Waals surface area contributed by atoms with Crippen LogP contribution >= 0.6 is 0 Å². The van der Waals surface area contributed by atoms with Gasteiger partial charge >= 0.3 is 0 Å². The Morgan fingerprint density at radius 2 is 1.89 bits per heavy atom. The molecule has 1 heteroatoms. The molecule has 0 heterocycles. The summed E-state index contributed by atoms with van der Waals surface area (Å²) in [6.45, 7) is 8.40. The molecule has 19 heavy (non-hydrogen) atoms. The summed E-state index contributed by atoms with van der Waals surface area (Å²) < 4.78 is 0. The van der Waals surface area contributed by atoms with Crippen molar-refractivity contribution in [2.24, 2.45) is 4.99 Å². The lowest BCUT2D eigenvalue weighted by Crippen LogP contribution is -1.87. The third kappa shape index (κ3) is 4.70. The fourth-order valence-corrected chi connectivity index (χ4v) is 1.78. The predicted octanol–water partition coefficient (Wildman–Crippen LogP) is 4.99. The maximum atomic E-state index is 4.11. The number of aryl methyl sites for hydroxylation is 1. The Bertz CT molecular complexity index is 543. The first-order valence-electron chi connectivity index (χ1n) is 6.59. The van der Waals surface area contributed by atoms with Crippen LogP contribution in [0.3, 0.4) is 0 Å². The summed E-state index contributed by atoms with van der Waals surface area (Å²) in [5.41, 5.74) is 6.20. The van der Waals surface area contributed by atoms with Gasteiger partial charge in [0.2, 0.25) is 0 Å². The van der Waals surface area contributed by atoms with E-state index < -0.39 is 0 Å². The van der Waals surface area contributed by atoms with Crippen LogP contribution in [0.1, 0.15) is 31.9 Å². The maximum Gasteiger partial charge on any atom is 0.0283 e. The van der Waals surface area contributed by atoms with Crippen molar-refractivity contribution in [2.75, 3.05) is 7.05 Å². The zero-order chi connectivity index (χ0) is 14.3. The average molecular weight is 253 g/mol. The van der Waals surface area contributed by atoms with Gasteiger partial charge in [-0.1, -0.05) is 48.1 Å². The van der Waals surface area contributed by atoms with E-state index in [1.165, 1.54) is 22.3 Å². The molecule has 1 nitrogen and oxygen atoms in total. The summed E-state index contributed by atoms with van der Waals surface area (Å²) in [4.78, 5) is 4.11. The Balaban J connectivity index is 3.07. The molecule has 0 aliphatic rings. The quantitative estimate of drug-likeness (QED) is 0.529. The fraction of sp³-hybridized carbons (Fsp3) is 0.278. The zero-order valence-corrected chi connectivity index (χ0v) is 12.6. The van der Waals surface area contributed by atoms with Crippen LogP contribution in [-0.4, -0.2) is 13.3 Å². The monoisotopic (exact) mass is 253 g/mol. The van der Waals surface area contributed by atoms with Crippen LogP contribution in [-0.2, 0) is 0 Å². The van der Waals surface area contributed by atoms with Crippen molar-refractivity contribution >= 4 is 11.8 Å². The highest BCUT2D eigenvalue weighted by molar-refractivity contribution is 5.85. The topological polar surface area (TPSA) is 12.4 Å². The molecular weight excluding hydrogens is 230 g/mol. The van der Waals surface area contributed by atoms with Crippen molar-refractivity contribution in [3.8, 4) is 0 Å². The number of benzene rings is 1. The summed E-state index contributed by atoms with van der Waals surface area (Å²) in [6.07, 6.45) is 8.28. The Morgan fingerprint density at radius 1 is 1.16 bits per heavy atom. The van der Waals surface area contributed by atoms with Crippen LogP contribution in [0.5, 0.6) is 0 Å². The molecule has 1 rings (SSSR count). The molecule has 1 aromatic carbocycles. The van der Waals surface area contributed by atoms with Crippen LogP contribution in [0.2, 0.25) is 0 Å². The van der Waals surface area contributed by atoms with Gasteiger partial charge in [0.05, 0.1) is 0 Å². The second-order valence-electron chi connectivity index (χ2n) is 4.70. The van der Waals surface area contributed by atoms with Crippen LogP contribution in [0.4, 0.5) is 0 Å². The standard InChI is InChI=1S/C18H23N/c1-6-15(3)18(13-19-5)11-10-16(4)17-9-7-8-14(2)12-17/h6-13H,1-5H3/b15-6-,16-10+,18-11-,19-13?. The minimum Gasteiger partial charge on any atom is -0.296 e. The van der Waals surface area contributed by atoms with Gasteiger partial charge in [-0.3, -0.25) is 4.99 Å². The Morgan fingerprint density at radius 3 is 2.47 bits per heavy atom. The van der Waals surface area contributed by atoms with Gasteiger partial charge in [-0.25, -0.2) is 0 Å². The number of aliphatic imine (C=N–C) groups is 1. The lowest BCUT2D eigenvalue weighted by Gasteiger charge is -2.03. The number of nitrogens with zero attached hydrogens (tertiary/aromatic N) is 1. The molecule has 0 spiro atoms. The third-order valence-electron chi connectivity index (χ3n) is 3.14. The summed E-state index contributed by atoms with van der Waals surface area (Å²) in [5, 5.41) is 0. The summed E-state index contributed by atoms with van der Waals surface area (Å²) >= 11 is 0. The van der Waals surface area contributed by atoms with Crippen LogP contribution in [0, 0.1) is 6.92 Å². The molecule has 0 fully saturated rings. The van der Waals surface area contributed by atoms with Crippen molar-refractivity contribution in [3.63, 3.8) is 0 Å². The molecule has 0 saturated carbocycles. The summed E-state index contributed by atoms with van der Waals surface area (Å²) in [5.74, 6) is 0. The first-order chi connectivity index (χ1) is 9.08. The van der Waals surface area contributed by atoms with E-state index in [1.807, 2.05) is 13.1 Å². The van der Waals surface area contributed by atoms with Gasteiger partial charge in [0.1, 0.15) is 0 Å². The molecule has 100 valence electrons. The van der Waals surface area contributed by atoms with E-state index in [-0.39, 0.29) is 0 Å². The minimum atomic E-state index is 1.15. The van der Waals surface area contributed by atoms with Gasteiger partial charge < -0.3 is 0 Å². The van der Waals surface area contributed by atoms with Gasteiger partial charge in [-0.2, -0.15) is 0 Å². The van der Waals surface area contributed by atoms with Crippen molar-refractivity contribution < 1.29 is 0 Å². The molecule has 0 aliphatic carbocycles. The summed E-state index contributed by atoms with van der Waals surface area (Å²) in [7, 11) is 1.80. The zero-order valence-electron chi connectivity index (χ0n) is 12.6. The number of rotatable bonds is 4. The summed E-state index contributed by atoms with van der Waals surface area (Å²) in [6, 6.07) is 8.56. The molecule has 0 unspecified atom stereocenters. The highest BCUT2D eigenvalue weighted by Gasteiger charge is 1.97. The van der Waals surface area contributed by atoms with Crippen molar-refractivity contribution in [2.45, 2.75) is 27.7 Å². The molecule has 0 N–H and O–H groups in total. The fourth-order valence-electron chi connectivity index (χ4n) is 1.78. The Hall–Kier alpha value is -1.89. The Labute approximate surface area is 117 Å². The van der Waals surface area contributed by atoms with E-state index in [1.54, 1.807) is 7.05 Å². The van der Waals surface area contributed by atoms with Crippen molar-refractivity contribution in [1.82, 2.24) is 0 Å². The van der Waals surface area contributed by atoms with Gasteiger partial charge in [-0.15, -0.1) is 0 Å².